The molecule has 6 heteroatoms. The molecule has 2 fully saturated rings. The van der Waals surface area contributed by atoms with Crippen LogP contribution >= 0.6 is 35.6 Å². The molecule has 0 unspecified atom stereocenters. The summed E-state index contributed by atoms with van der Waals surface area (Å²) in [6, 6.07) is 7.17. The third-order valence-electron chi connectivity index (χ3n) is 2.84. The van der Waals surface area contributed by atoms with Crippen molar-refractivity contribution in [3.05, 3.63) is 29.3 Å². The van der Waals surface area contributed by atoms with Crippen LogP contribution in [-0.4, -0.2) is 33.6 Å². The van der Waals surface area contributed by atoms with Crippen molar-refractivity contribution in [1.82, 2.24) is 4.90 Å². The van der Waals surface area contributed by atoms with Gasteiger partial charge in [0.15, 0.2) is 10.5 Å². The molecule has 1 atom stereocenters. The summed E-state index contributed by atoms with van der Waals surface area (Å²) in [6.45, 7) is 0.851. The first-order chi connectivity index (χ1) is 8.18. The number of rotatable bonds is 1. The standard InChI is InChI=1S/C11H9ClN2OS2/c12-7-1-3-8(4-2-7)14-9(15)10-13(11(14)16)5-6-17-10/h1-4,10H,5-6H2/t10-/m1/s1. The van der Waals surface area contributed by atoms with Gasteiger partial charge in [0, 0.05) is 17.3 Å². The number of carbonyl (C=O) groups excluding carboxylic acids is 1. The van der Waals surface area contributed by atoms with Crippen molar-refractivity contribution in [1.29, 1.82) is 0 Å². The normalized spacial score (nSPS) is 23.5. The van der Waals surface area contributed by atoms with Gasteiger partial charge in [0.25, 0.3) is 5.91 Å². The molecule has 2 saturated heterocycles. The number of benzene rings is 1. The molecule has 17 heavy (non-hydrogen) atoms. The van der Waals surface area contributed by atoms with Crippen LogP contribution in [0.2, 0.25) is 5.02 Å². The summed E-state index contributed by atoms with van der Waals surface area (Å²) < 4.78 is 0. The second-order valence-electron chi connectivity index (χ2n) is 3.85. The van der Waals surface area contributed by atoms with Crippen LogP contribution in [0.25, 0.3) is 0 Å². The molecule has 88 valence electrons. The van der Waals surface area contributed by atoms with E-state index >= 15 is 0 Å². The van der Waals surface area contributed by atoms with Gasteiger partial charge in [-0.2, -0.15) is 0 Å². The summed E-state index contributed by atoms with van der Waals surface area (Å²) in [5.41, 5.74) is 0.791. The number of nitrogens with zero attached hydrogens (tertiary/aromatic N) is 2. The molecule has 1 aromatic rings. The quantitative estimate of drug-likeness (QED) is 0.739. The maximum absolute atomic E-state index is 12.2. The van der Waals surface area contributed by atoms with Gasteiger partial charge in [-0.05, 0) is 36.5 Å². The van der Waals surface area contributed by atoms with Crippen LogP contribution in [-0.2, 0) is 4.79 Å². The Bertz CT molecular complexity index is 469. The Balaban J connectivity index is 1.96. The van der Waals surface area contributed by atoms with E-state index in [-0.39, 0.29) is 11.3 Å². The lowest BCUT2D eigenvalue weighted by molar-refractivity contribution is -0.117. The third kappa shape index (κ3) is 1.73. The molecule has 1 aromatic carbocycles. The summed E-state index contributed by atoms with van der Waals surface area (Å²) in [4.78, 5) is 15.8. The van der Waals surface area contributed by atoms with E-state index in [1.54, 1.807) is 28.8 Å². The van der Waals surface area contributed by atoms with E-state index < -0.39 is 0 Å². The molecule has 0 aromatic heterocycles. The van der Waals surface area contributed by atoms with Gasteiger partial charge in [-0.25, -0.2) is 0 Å². The first kappa shape index (κ1) is 11.3. The van der Waals surface area contributed by atoms with Crippen molar-refractivity contribution in [3.63, 3.8) is 0 Å². The van der Waals surface area contributed by atoms with Gasteiger partial charge in [0.1, 0.15) is 0 Å². The van der Waals surface area contributed by atoms with E-state index in [0.29, 0.717) is 10.1 Å². The molecule has 0 bridgehead atoms. The minimum absolute atomic E-state index is 0.0554. The van der Waals surface area contributed by atoms with E-state index in [1.807, 2.05) is 17.0 Å². The molecular formula is C11H9ClN2OS2. The molecule has 0 aliphatic carbocycles. The summed E-state index contributed by atoms with van der Waals surface area (Å²) in [7, 11) is 0. The van der Waals surface area contributed by atoms with Gasteiger partial charge in [-0.3, -0.25) is 9.69 Å². The summed E-state index contributed by atoms with van der Waals surface area (Å²) in [5, 5.41) is 1.13. The molecule has 0 N–H and O–H groups in total. The molecule has 0 saturated carbocycles. The number of hydrogen-bond donors (Lipinski definition) is 0. The van der Waals surface area contributed by atoms with Crippen LogP contribution in [0.4, 0.5) is 5.69 Å². The number of anilines is 1. The lowest BCUT2D eigenvalue weighted by Crippen LogP contribution is -2.33. The first-order valence-electron chi connectivity index (χ1n) is 5.20. The van der Waals surface area contributed by atoms with E-state index in [4.69, 9.17) is 23.8 Å². The van der Waals surface area contributed by atoms with E-state index in [2.05, 4.69) is 0 Å². The van der Waals surface area contributed by atoms with E-state index in [9.17, 15) is 4.79 Å². The number of fused-ring (bicyclic) bond motifs is 1. The number of hydrogen-bond acceptors (Lipinski definition) is 3. The Hall–Kier alpha value is -0.780. The fourth-order valence-corrected chi connectivity index (χ4v) is 3.77. The lowest BCUT2D eigenvalue weighted by atomic mass is 10.3. The van der Waals surface area contributed by atoms with E-state index in [1.165, 1.54) is 0 Å². The second-order valence-corrected chi connectivity index (χ2v) is 5.84. The van der Waals surface area contributed by atoms with Crippen LogP contribution in [0.15, 0.2) is 24.3 Å². The number of amides is 1. The molecule has 2 aliphatic rings. The topological polar surface area (TPSA) is 23.6 Å². The lowest BCUT2D eigenvalue weighted by Gasteiger charge is -2.18. The molecule has 0 radical (unpaired) electrons. The summed E-state index contributed by atoms with van der Waals surface area (Å²) in [5.74, 6) is 1.02. The highest BCUT2D eigenvalue weighted by atomic mass is 35.5. The highest BCUT2D eigenvalue weighted by Crippen LogP contribution is 2.35. The largest absolute Gasteiger partial charge is 0.327 e. The van der Waals surface area contributed by atoms with Crippen molar-refractivity contribution in [3.8, 4) is 0 Å². The maximum Gasteiger partial charge on any atom is 0.266 e. The molecule has 3 nitrogen and oxygen atoms in total. The van der Waals surface area contributed by atoms with Gasteiger partial charge in [0.05, 0.1) is 5.69 Å². The number of carbonyl (C=O) groups is 1. The van der Waals surface area contributed by atoms with Crippen molar-refractivity contribution in [2.75, 3.05) is 17.2 Å². The Labute approximate surface area is 114 Å². The van der Waals surface area contributed by atoms with Gasteiger partial charge in [0.2, 0.25) is 0 Å². The summed E-state index contributed by atoms with van der Waals surface area (Å²) >= 11 is 12.8. The van der Waals surface area contributed by atoms with E-state index in [0.717, 1.165) is 18.0 Å². The molecule has 1 amide bonds. The van der Waals surface area contributed by atoms with Crippen molar-refractivity contribution in [2.45, 2.75) is 5.37 Å². The highest BCUT2D eigenvalue weighted by molar-refractivity contribution is 8.01. The zero-order valence-electron chi connectivity index (χ0n) is 8.80. The zero-order valence-corrected chi connectivity index (χ0v) is 11.2. The maximum atomic E-state index is 12.2. The minimum Gasteiger partial charge on any atom is -0.327 e. The van der Waals surface area contributed by atoms with Gasteiger partial charge in [-0.15, -0.1) is 11.8 Å². The smallest absolute Gasteiger partial charge is 0.266 e. The second kappa shape index (κ2) is 4.15. The number of thioether (sulfide) groups is 1. The van der Waals surface area contributed by atoms with Crippen molar-refractivity contribution < 1.29 is 4.79 Å². The van der Waals surface area contributed by atoms with Crippen LogP contribution in [0, 0.1) is 0 Å². The van der Waals surface area contributed by atoms with Crippen LogP contribution < -0.4 is 4.90 Å². The average molecular weight is 285 g/mol. The van der Waals surface area contributed by atoms with Gasteiger partial charge in [-0.1, -0.05) is 11.6 Å². The Morgan fingerprint density at radius 2 is 2.06 bits per heavy atom. The number of thiocarbonyl (C=S) groups is 1. The molecule has 2 heterocycles. The fraction of sp³-hybridized carbons (Fsp3) is 0.273. The SMILES string of the molecule is O=C1[C@H]2SCCN2C(=S)N1c1ccc(Cl)cc1. The van der Waals surface area contributed by atoms with Crippen molar-refractivity contribution >= 4 is 52.3 Å². The van der Waals surface area contributed by atoms with Gasteiger partial charge < -0.3 is 4.90 Å². The average Bonchev–Trinajstić information content (AvgIpc) is 2.87. The summed E-state index contributed by atoms with van der Waals surface area (Å²) in [6.07, 6.45) is 0. The highest BCUT2D eigenvalue weighted by Gasteiger charge is 2.46. The molecular weight excluding hydrogens is 276 g/mol. The Morgan fingerprint density at radius 3 is 2.71 bits per heavy atom. The molecule has 2 aliphatic heterocycles. The molecule has 3 rings (SSSR count). The first-order valence-corrected chi connectivity index (χ1v) is 7.04. The predicted octanol–water partition coefficient (Wildman–Crippen LogP) is 2.35. The minimum atomic E-state index is -0.127. The monoisotopic (exact) mass is 284 g/mol. The van der Waals surface area contributed by atoms with Crippen LogP contribution in [0.3, 0.4) is 0 Å². The third-order valence-corrected chi connectivity index (χ3v) is 4.70. The van der Waals surface area contributed by atoms with Gasteiger partial charge >= 0.3 is 0 Å². The van der Waals surface area contributed by atoms with Crippen LogP contribution in [0.5, 0.6) is 0 Å². The Kier molecular flexibility index (Phi) is 2.77. The zero-order chi connectivity index (χ0) is 12.0. The van der Waals surface area contributed by atoms with Crippen LogP contribution in [0.1, 0.15) is 0 Å². The Morgan fingerprint density at radius 1 is 1.35 bits per heavy atom. The molecule has 0 spiro atoms. The number of halogens is 1. The van der Waals surface area contributed by atoms with Crippen molar-refractivity contribution in [2.24, 2.45) is 0 Å². The predicted molar refractivity (Wildman–Crippen MR) is 74.5 cm³/mol. The fourth-order valence-electron chi connectivity index (χ4n) is 2.03.